The molecule has 0 radical (unpaired) electrons. The van der Waals surface area contributed by atoms with Gasteiger partial charge in [-0.2, -0.15) is 0 Å². The third-order valence-corrected chi connectivity index (χ3v) is 5.54. The molecule has 4 rings (SSSR count). The molecule has 0 N–H and O–H groups in total. The molecule has 0 aliphatic carbocycles. The molecule has 5 nitrogen and oxygen atoms in total. The Morgan fingerprint density at radius 3 is 2.66 bits per heavy atom. The molecule has 0 spiro atoms. The summed E-state index contributed by atoms with van der Waals surface area (Å²) in [5.74, 6) is 2.75. The summed E-state index contributed by atoms with van der Waals surface area (Å²) in [6, 6.07) is 14.3. The molecule has 1 aliphatic heterocycles. The smallest absolute Gasteiger partial charge is 0.180 e. The molecule has 29 heavy (non-hydrogen) atoms. The maximum atomic E-state index is 5.24. The van der Waals surface area contributed by atoms with E-state index in [0.29, 0.717) is 0 Å². The summed E-state index contributed by atoms with van der Waals surface area (Å²) >= 11 is 0. The molecule has 0 saturated heterocycles. The van der Waals surface area contributed by atoms with Crippen molar-refractivity contribution in [3.63, 3.8) is 0 Å². The van der Waals surface area contributed by atoms with Gasteiger partial charge in [0.2, 0.25) is 0 Å². The molecule has 5 heteroatoms. The average Bonchev–Trinajstić information content (AvgIpc) is 2.78. The van der Waals surface area contributed by atoms with Crippen molar-refractivity contribution >= 4 is 5.82 Å². The van der Waals surface area contributed by atoms with E-state index >= 15 is 0 Å². The van der Waals surface area contributed by atoms with E-state index in [1.54, 1.807) is 13.3 Å². The SMILES string of the molecule is COc1ccc(CCCCN2CCCc3c(C)nc(-c4ccccn4)nc32)cc1. The molecule has 0 unspecified atom stereocenters. The van der Waals surface area contributed by atoms with Gasteiger partial charge in [-0.1, -0.05) is 18.2 Å². The van der Waals surface area contributed by atoms with Crippen LogP contribution in [0.5, 0.6) is 5.75 Å². The van der Waals surface area contributed by atoms with E-state index in [9.17, 15) is 0 Å². The maximum Gasteiger partial charge on any atom is 0.180 e. The number of aryl methyl sites for hydroxylation is 2. The van der Waals surface area contributed by atoms with Crippen molar-refractivity contribution in [1.82, 2.24) is 15.0 Å². The number of unbranched alkanes of at least 4 members (excludes halogenated alkanes) is 1. The Balaban J connectivity index is 1.42. The minimum absolute atomic E-state index is 0.729. The fraction of sp³-hybridized carbons (Fsp3) is 0.375. The lowest BCUT2D eigenvalue weighted by Crippen LogP contribution is -2.32. The van der Waals surface area contributed by atoms with Crippen LogP contribution in [0.2, 0.25) is 0 Å². The first-order valence-electron chi connectivity index (χ1n) is 10.4. The fourth-order valence-corrected chi connectivity index (χ4v) is 3.94. The molecule has 0 atom stereocenters. The number of anilines is 1. The van der Waals surface area contributed by atoms with Gasteiger partial charge in [-0.25, -0.2) is 9.97 Å². The van der Waals surface area contributed by atoms with E-state index < -0.39 is 0 Å². The molecule has 0 bridgehead atoms. The van der Waals surface area contributed by atoms with Crippen LogP contribution in [0.1, 0.15) is 36.1 Å². The molecule has 3 heterocycles. The van der Waals surface area contributed by atoms with Crippen molar-refractivity contribution in [3.05, 3.63) is 65.5 Å². The minimum Gasteiger partial charge on any atom is -0.497 e. The second-order valence-electron chi connectivity index (χ2n) is 7.55. The first-order chi connectivity index (χ1) is 14.2. The summed E-state index contributed by atoms with van der Waals surface area (Å²) in [5.41, 5.74) is 4.58. The van der Waals surface area contributed by atoms with Crippen LogP contribution in [0.3, 0.4) is 0 Å². The highest BCUT2D eigenvalue weighted by Gasteiger charge is 2.22. The summed E-state index contributed by atoms with van der Waals surface area (Å²) in [4.78, 5) is 16.5. The first kappa shape index (κ1) is 19.4. The molecule has 1 aromatic carbocycles. The number of methoxy groups -OCH3 is 1. The summed E-state index contributed by atoms with van der Waals surface area (Å²) in [6.45, 7) is 4.19. The van der Waals surface area contributed by atoms with Gasteiger partial charge in [-0.05, 0) is 68.9 Å². The minimum atomic E-state index is 0.729. The normalized spacial score (nSPS) is 13.2. The van der Waals surface area contributed by atoms with Gasteiger partial charge in [-0.3, -0.25) is 4.98 Å². The standard InChI is InChI=1S/C24H28N4O/c1-18-21-9-7-17-28(16-6-4-8-19-11-13-20(29-2)14-12-19)24(21)27-23(26-18)22-10-3-5-15-25-22/h3,5,10-15H,4,6-9,16-17H2,1-2H3. The van der Waals surface area contributed by atoms with Crippen molar-refractivity contribution in [3.8, 4) is 17.3 Å². The lowest BCUT2D eigenvalue weighted by atomic mass is 10.0. The predicted molar refractivity (Wildman–Crippen MR) is 116 cm³/mol. The predicted octanol–water partition coefficient (Wildman–Crippen LogP) is 4.63. The van der Waals surface area contributed by atoms with E-state index in [-0.39, 0.29) is 0 Å². The molecule has 0 amide bonds. The summed E-state index contributed by atoms with van der Waals surface area (Å²) in [5, 5.41) is 0. The van der Waals surface area contributed by atoms with Gasteiger partial charge >= 0.3 is 0 Å². The molecular weight excluding hydrogens is 360 g/mol. The Morgan fingerprint density at radius 2 is 1.90 bits per heavy atom. The second kappa shape index (κ2) is 9.03. The van der Waals surface area contributed by atoms with Crippen LogP contribution in [0.15, 0.2) is 48.7 Å². The number of rotatable bonds is 7. The Hall–Kier alpha value is -2.95. The van der Waals surface area contributed by atoms with Gasteiger partial charge in [0, 0.05) is 30.5 Å². The third kappa shape index (κ3) is 4.56. The van der Waals surface area contributed by atoms with E-state index in [1.807, 2.05) is 30.3 Å². The van der Waals surface area contributed by atoms with Gasteiger partial charge in [-0.15, -0.1) is 0 Å². The monoisotopic (exact) mass is 388 g/mol. The highest BCUT2D eigenvalue weighted by Crippen LogP contribution is 2.29. The van der Waals surface area contributed by atoms with Crippen molar-refractivity contribution in [1.29, 1.82) is 0 Å². The number of ether oxygens (including phenoxy) is 1. The van der Waals surface area contributed by atoms with Crippen LogP contribution in [0, 0.1) is 6.92 Å². The van der Waals surface area contributed by atoms with E-state index in [1.165, 1.54) is 17.5 Å². The fourth-order valence-electron chi connectivity index (χ4n) is 3.94. The quantitative estimate of drug-likeness (QED) is 0.552. The third-order valence-electron chi connectivity index (χ3n) is 5.54. The van der Waals surface area contributed by atoms with Crippen molar-refractivity contribution < 1.29 is 4.74 Å². The topological polar surface area (TPSA) is 51.1 Å². The second-order valence-corrected chi connectivity index (χ2v) is 7.55. The number of hydrogen-bond donors (Lipinski definition) is 0. The summed E-state index contributed by atoms with van der Waals surface area (Å²) in [6.07, 6.45) is 7.42. The van der Waals surface area contributed by atoms with Crippen LogP contribution in [0.4, 0.5) is 5.82 Å². The molecule has 2 aromatic heterocycles. The zero-order valence-corrected chi connectivity index (χ0v) is 17.3. The molecule has 1 aliphatic rings. The number of nitrogens with zero attached hydrogens (tertiary/aromatic N) is 4. The van der Waals surface area contributed by atoms with Crippen molar-refractivity contribution in [2.75, 3.05) is 25.1 Å². The number of fused-ring (bicyclic) bond motifs is 1. The highest BCUT2D eigenvalue weighted by molar-refractivity contribution is 5.58. The Labute approximate surface area is 172 Å². The molecular formula is C24H28N4O. The van der Waals surface area contributed by atoms with Gasteiger partial charge in [0.15, 0.2) is 5.82 Å². The number of pyridine rings is 1. The Kier molecular flexibility index (Phi) is 6.03. The van der Waals surface area contributed by atoms with Gasteiger partial charge < -0.3 is 9.64 Å². The molecule has 0 fully saturated rings. The summed E-state index contributed by atoms with van der Waals surface area (Å²) < 4.78 is 5.24. The van der Waals surface area contributed by atoms with Crippen molar-refractivity contribution in [2.24, 2.45) is 0 Å². The van der Waals surface area contributed by atoms with Crippen LogP contribution < -0.4 is 9.64 Å². The average molecular weight is 389 g/mol. The zero-order chi connectivity index (χ0) is 20.1. The van der Waals surface area contributed by atoms with E-state index in [4.69, 9.17) is 14.7 Å². The Bertz CT molecular complexity index is 941. The van der Waals surface area contributed by atoms with Crippen LogP contribution in [0.25, 0.3) is 11.5 Å². The maximum absolute atomic E-state index is 5.24. The number of aromatic nitrogens is 3. The van der Waals surface area contributed by atoms with E-state index in [0.717, 1.165) is 67.6 Å². The molecule has 3 aromatic rings. The molecule has 0 saturated carbocycles. The number of hydrogen-bond acceptors (Lipinski definition) is 5. The zero-order valence-electron chi connectivity index (χ0n) is 17.3. The Morgan fingerprint density at radius 1 is 1.03 bits per heavy atom. The van der Waals surface area contributed by atoms with Crippen molar-refractivity contribution in [2.45, 2.75) is 39.0 Å². The number of benzene rings is 1. The van der Waals surface area contributed by atoms with E-state index in [2.05, 4.69) is 28.9 Å². The molecule has 150 valence electrons. The van der Waals surface area contributed by atoms with Gasteiger partial charge in [0.1, 0.15) is 17.3 Å². The lowest BCUT2D eigenvalue weighted by molar-refractivity contribution is 0.414. The lowest BCUT2D eigenvalue weighted by Gasteiger charge is -2.31. The first-order valence-corrected chi connectivity index (χ1v) is 10.4. The van der Waals surface area contributed by atoms with Gasteiger partial charge in [0.25, 0.3) is 0 Å². The summed E-state index contributed by atoms with van der Waals surface area (Å²) in [7, 11) is 1.70. The largest absolute Gasteiger partial charge is 0.497 e. The van der Waals surface area contributed by atoms with Crippen LogP contribution in [-0.4, -0.2) is 35.2 Å². The van der Waals surface area contributed by atoms with Crippen LogP contribution in [-0.2, 0) is 12.8 Å². The highest BCUT2D eigenvalue weighted by atomic mass is 16.5. The van der Waals surface area contributed by atoms with Crippen LogP contribution >= 0.6 is 0 Å². The van der Waals surface area contributed by atoms with Gasteiger partial charge in [0.05, 0.1) is 7.11 Å².